The van der Waals surface area contributed by atoms with Gasteiger partial charge in [-0.05, 0) is 30.3 Å². The highest BCUT2D eigenvalue weighted by Crippen LogP contribution is 2.33. The van der Waals surface area contributed by atoms with Crippen molar-refractivity contribution in [3.8, 4) is 17.0 Å². The van der Waals surface area contributed by atoms with Gasteiger partial charge in [-0.15, -0.1) is 11.3 Å². The molecule has 0 aliphatic heterocycles. The minimum Gasteiger partial charge on any atom is -0.506 e. The van der Waals surface area contributed by atoms with Crippen LogP contribution in [-0.2, 0) is 0 Å². The Morgan fingerprint density at radius 2 is 1.80 bits per heavy atom. The summed E-state index contributed by atoms with van der Waals surface area (Å²) in [6.45, 7) is 0. The second kappa shape index (κ2) is 7.81. The van der Waals surface area contributed by atoms with Crippen LogP contribution >= 0.6 is 57.7 Å². The molecule has 3 aromatic rings. The number of nitrogens with zero attached hydrogens (tertiary/aromatic N) is 2. The number of halogens is 4. The minimum atomic E-state index is -0.0932. The first-order chi connectivity index (χ1) is 11.9. The van der Waals surface area contributed by atoms with E-state index in [-0.39, 0.29) is 10.8 Å². The highest BCUT2D eigenvalue weighted by atomic mass is 35.5. The lowest BCUT2D eigenvalue weighted by Gasteiger charge is -2.02. The van der Waals surface area contributed by atoms with Gasteiger partial charge >= 0.3 is 0 Å². The molecule has 0 saturated carbocycles. The predicted molar refractivity (Wildman–Crippen MR) is 107 cm³/mol. The van der Waals surface area contributed by atoms with Crippen molar-refractivity contribution in [2.75, 3.05) is 5.43 Å². The number of rotatable bonds is 4. The quantitative estimate of drug-likeness (QED) is 0.361. The highest BCUT2D eigenvalue weighted by Gasteiger charge is 2.09. The van der Waals surface area contributed by atoms with E-state index in [0.717, 1.165) is 5.56 Å². The average molecular weight is 433 g/mol. The molecule has 9 heteroatoms. The topological polar surface area (TPSA) is 57.5 Å². The van der Waals surface area contributed by atoms with Gasteiger partial charge < -0.3 is 5.11 Å². The maximum atomic E-state index is 9.88. The van der Waals surface area contributed by atoms with E-state index in [1.807, 2.05) is 5.38 Å². The second-order valence-electron chi connectivity index (χ2n) is 4.86. The maximum Gasteiger partial charge on any atom is 0.203 e. The molecule has 0 bridgehead atoms. The summed E-state index contributed by atoms with van der Waals surface area (Å²) in [4.78, 5) is 4.41. The number of anilines is 1. The summed E-state index contributed by atoms with van der Waals surface area (Å²) in [6, 6.07) is 8.22. The fourth-order valence-electron chi connectivity index (χ4n) is 1.99. The summed E-state index contributed by atoms with van der Waals surface area (Å²) in [5, 5.41) is 18.0. The molecule has 1 aromatic heterocycles. The summed E-state index contributed by atoms with van der Waals surface area (Å²) in [5.74, 6) is -0.0932. The molecule has 0 radical (unpaired) electrons. The lowest BCUT2D eigenvalue weighted by molar-refractivity contribution is 0.475. The Morgan fingerprint density at radius 3 is 2.56 bits per heavy atom. The fraction of sp³-hybridized carbons (Fsp3) is 0. The van der Waals surface area contributed by atoms with Crippen molar-refractivity contribution in [3.05, 3.63) is 61.4 Å². The van der Waals surface area contributed by atoms with Gasteiger partial charge in [0.2, 0.25) is 5.13 Å². The molecule has 0 atom stereocenters. The number of nitrogens with one attached hydrogen (secondary N) is 1. The molecule has 0 unspecified atom stereocenters. The lowest BCUT2D eigenvalue weighted by Crippen LogP contribution is -1.91. The number of phenols is 1. The number of aromatic nitrogens is 1. The van der Waals surface area contributed by atoms with Crippen LogP contribution in [0.15, 0.2) is 40.8 Å². The third kappa shape index (κ3) is 4.37. The number of aromatic hydroxyl groups is 1. The molecule has 4 nitrogen and oxygen atoms in total. The molecule has 128 valence electrons. The van der Waals surface area contributed by atoms with E-state index in [1.165, 1.54) is 23.6 Å². The smallest absolute Gasteiger partial charge is 0.203 e. The first-order valence-electron chi connectivity index (χ1n) is 6.82. The summed E-state index contributed by atoms with van der Waals surface area (Å²) >= 11 is 25.2. The van der Waals surface area contributed by atoms with E-state index in [1.54, 1.807) is 24.3 Å². The Balaban J connectivity index is 1.76. The van der Waals surface area contributed by atoms with Crippen LogP contribution in [0.5, 0.6) is 5.75 Å². The number of thiazole rings is 1. The Hall–Kier alpha value is -1.50. The van der Waals surface area contributed by atoms with Crippen molar-refractivity contribution in [3.63, 3.8) is 0 Å². The van der Waals surface area contributed by atoms with Crippen LogP contribution in [0.1, 0.15) is 5.56 Å². The molecule has 2 aromatic carbocycles. The van der Waals surface area contributed by atoms with Gasteiger partial charge in [-0.2, -0.15) is 5.10 Å². The van der Waals surface area contributed by atoms with Gasteiger partial charge in [0, 0.05) is 26.6 Å². The summed E-state index contributed by atoms with van der Waals surface area (Å²) in [5.41, 5.74) is 4.66. The Bertz CT molecular complexity index is 959. The van der Waals surface area contributed by atoms with Crippen molar-refractivity contribution in [2.24, 2.45) is 5.10 Å². The van der Waals surface area contributed by atoms with Crippen LogP contribution in [0.3, 0.4) is 0 Å². The van der Waals surface area contributed by atoms with Crippen LogP contribution in [-0.4, -0.2) is 16.3 Å². The van der Waals surface area contributed by atoms with Crippen LogP contribution < -0.4 is 5.43 Å². The van der Waals surface area contributed by atoms with E-state index in [4.69, 9.17) is 46.4 Å². The van der Waals surface area contributed by atoms with Gasteiger partial charge in [0.1, 0.15) is 5.75 Å². The molecule has 2 N–H and O–H groups in total. The molecule has 25 heavy (non-hydrogen) atoms. The SMILES string of the molecule is Oc1c(Cl)cc(Cl)cc1/C=N\Nc1nc(-c2ccc(Cl)cc2Cl)cs1. The van der Waals surface area contributed by atoms with Crippen molar-refractivity contribution in [1.29, 1.82) is 0 Å². The summed E-state index contributed by atoms with van der Waals surface area (Å²) in [6.07, 6.45) is 1.41. The molecule has 0 fully saturated rings. The number of hydrogen-bond acceptors (Lipinski definition) is 5. The molecule has 3 rings (SSSR count). The van der Waals surface area contributed by atoms with Crippen LogP contribution in [0.2, 0.25) is 20.1 Å². The van der Waals surface area contributed by atoms with Gasteiger partial charge in [-0.3, -0.25) is 5.43 Å². The maximum absolute atomic E-state index is 9.88. The number of hydrazone groups is 1. The van der Waals surface area contributed by atoms with Gasteiger partial charge in [0.15, 0.2) is 0 Å². The standard InChI is InChI=1S/C16H9Cl4N3OS/c17-9-1-2-11(12(19)4-9)14-7-25-16(22-14)23-21-6-8-3-10(18)5-13(20)15(8)24/h1-7,24H,(H,22,23)/b21-6-. The first kappa shape index (κ1) is 18.3. The minimum absolute atomic E-state index is 0.0932. The number of hydrogen-bond donors (Lipinski definition) is 2. The normalized spacial score (nSPS) is 11.2. The number of benzene rings is 2. The second-order valence-corrected chi connectivity index (χ2v) is 7.40. The van der Waals surface area contributed by atoms with E-state index in [0.29, 0.717) is 31.5 Å². The van der Waals surface area contributed by atoms with Crippen LogP contribution in [0.25, 0.3) is 11.3 Å². The molecule has 0 amide bonds. The molecule has 0 spiro atoms. The lowest BCUT2D eigenvalue weighted by atomic mass is 10.2. The molecule has 0 aliphatic carbocycles. The average Bonchev–Trinajstić information content (AvgIpc) is 3.00. The van der Waals surface area contributed by atoms with Gasteiger partial charge in [-0.25, -0.2) is 4.98 Å². The highest BCUT2D eigenvalue weighted by molar-refractivity contribution is 7.14. The Morgan fingerprint density at radius 1 is 1.04 bits per heavy atom. The van der Waals surface area contributed by atoms with Crippen LogP contribution in [0.4, 0.5) is 5.13 Å². The zero-order chi connectivity index (χ0) is 18.0. The van der Waals surface area contributed by atoms with E-state index >= 15 is 0 Å². The summed E-state index contributed by atoms with van der Waals surface area (Å²) < 4.78 is 0. The van der Waals surface area contributed by atoms with Crippen molar-refractivity contribution in [1.82, 2.24) is 4.98 Å². The van der Waals surface area contributed by atoms with Gasteiger partial charge in [-0.1, -0.05) is 46.4 Å². The molecule has 1 heterocycles. The third-order valence-electron chi connectivity index (χ3n) is 3.13. The first-order valence-corrected chi connectivity index (χ1v) is 9.21. The van der Waals surface area contributed by atoms with Crippen molar-refractivity contribution in [2.45, 2.75) is 0 Å². The third-order valence-corrected chi connectivity index (χ3v) is 4.93. The van der Waals surface area contributed by atoms with Crippen molar-refractivity contribution < 1.29 is 5.11 Å². The van der Waals surface area contributed by atoms with E-state index in [2.05, 4.69) is 15.5 Å². The monoisotopic (exact) mass is 431 g/mol. The largest absolute Gasteiger partial charge is 0.506 e. The Kier molecular flexibility index (Phi) is 5.71. The fourth-order valence-corrected chi connectivity index (χ4v) is 3.66. The Labute approximate surface area is 167 Å². The zero-order valence-electron chi connectivity index (χ0n) is 12.3. The van der Waals surface area contributed by atoms with E-state index in [9.17, 15) is 5.11 Å². The van der Waals surface area contributed by atoms with Gasteiger partial charge in [0.25, 0.3) is 0 Å². The zero-order valence-corrected chi connectivity index (χ0v) is 16.1. The predicted octanol–water partition coefficient (Wildman–Crippen LogP) is 6.58. The molecule has 0 saturated heterocycles. The number of phenolic OH excluding ortho intramolecular Hbond substituents is 1. The van der Waals surface area contributed by atoms with E-state index < -0.39 is 0 Å². The molecule has 0 aliphatic rings. The van der Waals surface area contributed by atoms with Gasteiger partial charge in [0.05, 0.1) is 22.0 Å². The summed E-state index contributed by atoms with van der Waals surface area (Å²) in [7, 11) is 0. The molecular weight excluding hydrogens is 424 g/mol. The molecular formula is C16H9Cl4N3OS. The van der Waals surface area contributed by atoms with Crippen LogP contribution in [0, 0.1) is 0 Å². The van der Waals surface area contributed by atoms with Crippen molar-refractivity contribution >= 4 is 69.1 Å².